The third-order valence-electron chi connectivity index (χ3n) is 4.07. The molecule has 0 aliphatic carbocycles. The molecule has 1 atom stereocenters. The van der Waals surface area contributed by atoms with Crippen molar-refractivity contribution in [1.82, 2.24) is 0 Å². The average Bonchev–Trinajstić information content (AvgIpc) is 3.07. The quantitative estimate of drug-likeness (QED) is 0.714. The highest BCUT2D eigenvalue weighted by Gasteiger charge is 2.32. The van der Waals surface area contributed by atoms with Crippen molar-refractivity contribution >= 4 is 22.1 Å². The van der Waals surface area contributed by atoms with Gasteiger partial charge in [0.1, 0.15) is 23.1 Å². The minimum atomic E-state index is -0.291. The predicted octanol–water partition coefficient (Wildman–Crippen LogP) is 3.83. The van der Waals surface area contributed by atoms with Crippen LogP contribution in [0.2, 0.25) is 0 Å². The molecule has 4 rings (SSSR count). The fourth-order valence-corrected chi connectivity index (χ4v) is 3.74. The number of aromatic hydroxyl groups is 1. The van der Waals surface area contributed by atoms with Crippen molar-refractivity contribution in [2.45, 2.75) is 5.92 Å². The second kappa shape index (κ2) is 5.04. The van der Waals surface area contributed by atoms with E-state index in [0.29, 0.717) is 11.3 Å². The van der Waals surface area contributed by atoms with Gasteiger partial charge in [-0.3, -0.25) is 0 Å². The first kappa shape index (κ1) is 13.7. The maximum atomic E-state index is 9.88. The molecule has 1 aromatic heterocycles. The fraction of sp³-hybridized carbons (Fsp3) is 0.0556. The normalized spacial score (nSPS) is 16.7. The minimum absolute atomic E-state index is 0.135. The van der Waals surface area contributed by atoms with Crippen LogP contribution in [-0.4, -0.2) is 5.11 Å². The Balaban J connectivity index is 2.09. The Morgan fingerprint density at radius 2 is 2.04 bits per heavy atom. The fourth-order valence-electron chi connectivity index (χ4n) is 3.05. The molecule has 0 fully saturated rings. The van der Waals surface area contributed by atoms with E-state index in [1.807, 2.05) is 35.0 Å². The number of fused-ring (bicyclic) bond motifs is 3. The Kier molecular flexibility index (Phi) is 3.00. The molecule has 2 aromatic carbocycles. The van der Waals surface area contributed by atoms with Gasteiger partial charge in [-0.15, -0.1) is 0 Å². The molecule has 3 aromatic rings. The van der Waals surface area contributed by atoms with Gasteiger partial charge in [0.15, 0.2) is 0 Å². The van der Waals surface area contributed by atoms with Gasteiger partial charge in [-0.1, -0.05) is 12.1 Å². The summed E-state index contributed by atoms with van der Waals surface area (Å²) in [6.45, 7) is 0. The summed E-state index contributed by atoms with van der Waals surface area (Å²) in [5, 5.41) is 25.3. The molecular weight excluding hydrogens is 308 g/mol. The second-order valence-corrected chi connectivity index (χ2v) is 6.14. The number of thiophene rings is 1. The average molecular weight is 320 g/mol. The van der Waals surface area contributed by atoms with Crippen molar-refractivity contribution < 1.29 is 9.84 Å². The molecule has 3 N–H and O–H groups in total. The first-order chi connectivity index (χ1) is 11.2. The standard InChI is InChI=1S/C18H12N2O2S/c19-8-14-16(11-5-6-23-9-11)17-13-7-12(21)3-1-10(13)2-4-15(17)22-18(14)20/h1-7,9,16,21H,20H2. The van der Waals surface area contributed by atoms with Gasteiger partial charge in [-0.05, 0) is 51.4 Å². The van der Waals surface area contributed by atoms with Gasteiger partial charge in [0.25, 0.3) is 0 Å². The molecule has 23 heavy (non-hydrogen) atoms. The van der Waals surface area contributed by atoms with Crippen LogP contribution in [0.25, 0.3) is 10.8 Å². The number of phenols is 1. The lowest BCUT2D eigenvalue weighted by molar-refractivity contribution is 0.395. The third-order valence-corrected chi connectivity index (χ3v) is 4.77. The van der Waals surface area contributed by atoms with E-state index in [1.54, 1.807) is 23.5 Å². The lowest BCUT2D eigenvalue weighted by Crippen LogP contribution is -2.21. The van der Waals surface area contributed by atoms with E-state index in [1.165, 1.54) is 0 Å². The molecular formula is C18H12N2O2S. The zero-order valence-electron chi connectivity index (χ0n) is 12.0. The Morgan fingerprint density at radius 3 is 2.78 bits per heavy atom. The smallest absolute Gasteiger partial charge is 0.205 e. The topological polar surface area (TPSA) is 79.3 Å². The van der Waals surface area contributed by atoms with Crippen LogP contribution >= 0.6 is 11.3 Å². The van der Waals surface area contributed by atoms with E-state index in [4.69, 9.17) is 10.5 Å². The number of nitrogens with two attached hydrogens (primary N) is 1. The molecule has 1 aliphatic rings. The van der Waals surface area contributed by atoms with Crippen molar-refractivity contribution in [3.05, 3.63) is 69.7 Å². The largest absolute Gasteiger partial charge is 0.508 e. The number of nitrogens with zero attached hydrogens (tertiary/aromatic N) is 1. The zero-order chi connectivity index (χ0) is 16.0. The van der Waals surface area contributed by atoms with Crippen LogP contribution in [0.4, 0.5) is 0 Å². The maximum Gasteiger partial charge on any atom is 0.205 e. The van der Waals surface area contributed by atoms with Gasteiger partial charge in [0.2, 0.25) is 5.88 Å². The minimum Gasteiger partial charge on any atom is -0.508 e. The SMILES string of the molecule is N#CC1=C(N)Oc2ccc3ccc(O)cc3c2C1c1ccsc1. The molecule has 1 aliphatic heterocycles. The molecule has 0 radical (unpaired) electrons. The van der Waals surface area contributed by atoms with Crippen LogP contribution in [0.3, 0.4) is 0 Å². The highest BCUT2D eigenvalue weighted by Crippen LogP contribution is 2.46. The predicted molar refractivity (Wildman–Crippen MR) is 89.2 cm³/mol. The number of phenolic OH excluding ortho intramolecular Hbond substituents is 1. The van der Waals surface area contributed by atoms with Crippen molar-refractivity contribution in [2.24, 2.45) is 5.73 Å². The summed E-state index contributed by atoms with van der Waals surface area (Å²) < 4.78 is 5.67. The maximum absolute atomic E-state index is 9.88. The van der Waals surface area contributed by atoms with Gasteiger partial charge in [0, 0.05) is 5.56 Å². The Labute approximate surface area is 136 Å². The van der Waals surface area contributed by atoms with E-state index in [-0.39, 0.29) is 17.6 Å². The van der Waals surface area contributed by atoms with E-state index in [0.717, 1.165) is 21.9 Å². The van der Waals surface area contributed by atoms with Crippen LogP contribution < -0.4 is 10.5 Å². The number of ether oxygens (including phenoxy) is 1. The molecule has 112 valence electrons. The number of allylic oxidation sites excluding steroid dienone is 1. The summed E-state index contributed by atoms with van der Waals surface area (Å²) in [7, 11) is 0. The monoisotopic (exact) mass is 320 g/mol. The Morgan fingerprint density at radius 1 is 1.22 bits per heavy atom. The summed E-state index contributed by atoms with van der Waals surface area (Å²) >= 11 is 1.57. The first-order valence-corrected chi connectivity index (χ1v) is 7.98. The highest BCUT2D eigenvalue weighted by atomic mass is 32.1. The van der Waals surface area contributed by atoms with Crippen molar-refractivity contribution in [2.75, 3.05) is 0 Å². The van der Waals surface area contributed by atoms with E-state index in [9.17, 15) is 10.4 Å². The summed E-state index contributed by atoms with van der Waals surface area (Å²) in [5.41, 5.74) is 8.22. The van der Waals surface area contributed by atoms with Crippen LogP contribution in [-0.2, 0) is 0 Å². The van der Waals surface area contributed by atoms with Gasteiger partial charge < -0.3 is 15.6 Å². The number of hydrogen-bond acceptors (Lipinski definition) is 5. The number of hydrogen-bond donors (Lipinski definition) is 2. The lowest BCUT2D eigenvalue weighted by Gasteiger charge is -2.27. The van der Waals surface area contributed by atoms with E-state index >= 15 is 0 Å². The van der Waals surface area contributed by atoms with Crippen LogP contribution in [0.5, 0.6) is 11.5 Å². The van der Waals surface area contributed by atoms with E-state index < -0.39 is 0 Å². The van der Waals surface area contributed by atoms with Crippen molar-refractivity contribution in [3.8, 4) is 17.6 Å². The summed E-state index contributed by atoms with van der Waals surface area (Å²) in [6.07, 6.45) is 0. The second-order valence-electron chi connectivity index (χ2n) is 5.36. The molecule has 0 saturated carbocycles. The van der Waals surface area contributed by atoms with Crippen LogP contribution in [0, 0.1) is 11.3 Å². The van der Waals surface area contributed by atoms with Gasteiger partial charge in [-0.2, -0.15) is 16.6 Å². The van der Waals surface area contributed by atoms with E-state index in [2.05, 4.69) is 6.07 Å². The molecule has 1 unspecified atom stereocenters. The summed E-state index contributed by atoms with van der Waals surface area (Å²) in [6, 6.07) is 13.1. The highest BCUT2D eigenvalue weighted by molar-refractivity contribution is 7.08. The van der Waals surface area contributed by atoms with Crippen LogP contribution in [0.15, 0.2) is 58.6 Å². The molecule has 2 heterocycles. The summed E-state index contributed by atoms with van der Waals surface area (Å²) in [4.78, 5) is 0. The Hall–Kier alpha value is -2.97. The lowest BCUT2D eigenvalue weighted by atomic mass is 9.82. The molecule has 0 spiro atoms. The molecule has 0 saturated heterocycles. The molecule has 5 heteroatoms. The molecule has 0 bridgehead atoms. The Bertz CT molecular complexity index is 984. The van der Waals surface area contributed by atoms with Gasteiger partial charge in [-0.25, -0.2) is 0 Å². The van der Waals surface area contributed by atoms with Crippen molar-refractivity contribution in [3.63, 3.8) is 0 Å². The number of benzene rings is 2. The van der Waals surface area contributed by atoms with Crippen LogP contribution in [0.1, 0.15) is 17.0 Å². The number of rotatable bonds is 1. The van der Waals surface area contributed by atoms with Crippen molar-refractivity contribution in [1.29, 1.82) is 5.26 Å². The zero-order valence-corrected chi connectivity index (χ0v) is 12.8. The van der Waals surface area contributed by atoms with Gasteiger partial charge >= 0.3 is 0 Å². The molecule has 4 nitrogen and oxygen atoms in total. The third kappa shape index (κ3) is 2.04. The molecule has 0 amide bonds. The number of nitriles is 1. The van der Waals surface area contributed by atoms with Gasteiger partial charge in [0.05, 0.1) is 5.92 Å². The summed E-state index contributed by atoms with van der Waals surface area (Å²) in [5.74, 6) is 0.642. The first-order valence-electron chi connectivity index (χ1n) is 7.04.